The fourth-order valence-corrected chi connectivity index (χ4v) is 3.70. The minimum atomic E-state index is -3.80. The van der Waals surface area contributed by atoms with Gasteiger partial charge in [0.2, 0.25) is 0 Å². The molecule has 0 aromatic carbocycles. The van der Waals surface area contributed by atoms with Crippen LogP contribution in [0.2, 0.25) is 0 Å². The molecule has 0 unspecified atom stereocenters. The highest BCUT2D eigenvalue weighted by atomic mass is 32.2. The van der Waals surface area contributed by atoms with Gasteiger partial charge in [-0.05, 0) is 19.3 Å². The van der Waals surface area contributed by atoms with Crippen LogP contribution >= 0.6 is 0 Å². The molecular formula is C22H44O3S. The van der Waals surface area contributed by atoms with Crippen LogP contribution in [0.1, 0.15) is 122 Å². The van der Waals surface area contributed by atoms with Gasteiger partial charge in [-0.2, -0.15) is 8.42 Å². The van der Waals surface area contributed by atoms with Crippen LogP contribution in [0.4, 0.5) is 0 Å². The van der Waals surface area contributed by atoms with Gasteiger partial charge in [0.05, 0.1) is 5.75 Å². The van der Waals surface area contributed by atoms with Crippen molar-refractivity contribution in [1.29, 1.82) is 0 Å². The van der Waals surface area contributed by atoms with Crippen LogP contribution < -0.4 is 0 Å². The lowest BCUT2D eigenvalue weighted by Gasteiger charge is -2.03. The zero-order valence-electron chi connectivity index (χ0n) is 17.3. The van der Waals surface area contributed by atoms with Crippen molar-refractivity contribution in [3.8, 4) is 0 Å². The average Bonchev–Trinajstić information content (AvgIpc) is 2.59. The summed E-state index contributed by atoms with van der Waals surface area (Å²) in [6.07, 6.45) is 27.4. The van der Waals surface area contributed by atoms with Gasteiger partial charge in [0.25, 0.3) is 10.1 Å². The highest BCUT2D eigenvalue weighted by Gasteiger charge is 2.00. The van der Waals surface area contributed by atoms with E-state index in [1.54, 1.807) is 0 Å². The number of unbranched alkanes of at least 4 members (excludes halogenated alkanes) is 16. The molecule has 0 aromatic heterocycles. The molecule has 0 aliphatic carbocycles. The summed E-state index contributed by atoms with van der Waals surface area (Å²) in [5.41, 5.74) is 0. The van der Waals surface area contributed by atoms with Crippen LogP contribution in [0.3, 0.4) is 0 Å². The van der Waals surface area contributed by atoms with Gasteiger partial charge in [-0.25, -0.2) is 0 Å². The summed E-state index contributed by atoms with van der Waals surface area (Å²) in [7, 11) is -3.80. The Hall–Kier alpha value is -0.350. The molecule has 0 amide bonds. The standard InChI is InChI=1S/C22H44O3S/c1-2-3-4-5-6-7-8-9-10-11-12-13-14-15-16-17-18-19-20-21-22-26(23,24)25/h19-20H,2-18,21-22H2,1H3,(H,23,24,25)/b20-19+. The van der Waals surface area contributed by atoms with Gasteiger partial charge < -0.3 is 0 Å². The second-order valence-electron chi connectivity index (χ2n) is 7.64. The van der Waals surface area contributed by atoms with Crippen molar-refractivity contribution < 1.29 is 13.0 Å². The number of allylic oxidation sites excluding steroid dienone is 2. The van der Waals surface area contributed by atoms with Crippen LogP contribution in [0.5, 0.6) is 0 Å². The van der Waals surface area contributed by atoms with Crippen LogP contribution in [0.15, 0.2) is 12.2 Å². The monoisotopic (exact) mass is 388 g/mol. The van der Waals surface area contributed by atoms with Gasteiger partial charge in [-0.1, -0.05) is 115 Å². The Morgan fingerprint density at radius 3 is 1.31 bits per heavy atom. The molecule has 0 rings (SSSR count). The van der Waals surface area contributed by atoms with E-state index in [1.807, 2.05) is 12.2 Å². The fraction of sp³-hybridized carbons (Fsp3) is 0.909. The summed E-state index contributed by atoms with van der Waals surface area (Å²) < 4.78 is 29.7. The summed E-state index contributed by atoms with van der Waals surface area (Å²) in [5.74, 6) is -0.164. The Balaban J connectivity index is 3.10. The Morgan fingerprint density at radius 2 is 0.923 bits per heavy atom. The normalized spacial score (nSPS) is 12.2. The summed E-state index contributed by atoms with van der Waals surface area (Å²) in [6, 6.07) is 0. The Morgan fingerprint density at radius 1 is 0.577 bits per heavy atom. The predicted octanol–water partition coefficient (Wildman–Crippen LogP) is 7.47. The summed E-state index contributed by atoms with van der Waals surface area (Å²) in [6.45, 7) is 2.28. The van der Waals surface area contributed by atoms with Crippen molar-refractivity contribution in [2.75, 3.05) is 5.75 Å². The van der Waals surface area contributed by atoms with E-state index in [0.717, 1.165) is 6.42 Å². The van der Waals surface area contributed by atoms with Gasteiger partial charge in [0.15, 0.2) is 0 Å². The van der Waals surface area contributed by atoms with E-state index in [4.69, 9.17) is 4.55 Å². The summed E-state index contributed by atoms with van der Waals surface area (Å²) in [4.78, 5) is 0. The van der Waals surface area contributed by atoms with Crippen molar-refractivity contribution >= 4 is 10.1 Å². The molecule has 0 aliphatic rings. The maximum Gasteiger partial charge on any atom is 0.265 e. The predicted molar refractivity (Wildman–Crippen MR) is 114 cm³/mol. The molecule has 0 heterocycles. The van der Waals surface area contributed by atoms with Gasteiger partial charge >= 0.3 is 0 Å². The van der Waals surface area contributed by atoms with Crippen molar-refractivity contribution in [2.45, 2.75) is 122 Å². The number of hydrogen-bond donors (Lipinski definition) is 1. The molecule has 0 saturated heterocycles. The van der Waals surface area contributed by atoms with Crippen molar-refractivity contribution in [2.24, 2.45) is 0 Å². The maximum atomic E-state index is 10.5. The Labute approximate surface area is 163 Å². The van der Waals surface area contributed by atoms with E-state index in [9.17, 15) is 8.42 Å². The van der Waals surface area contributed by atoms with Gasteiger partial charge in [0, 0.05) is 0 Å². The summed E-state index contributed by atoms with van der Waals surface area (Å²) in [5, 5.41) is 0. The lowest BCUT2D eigenvalue weighted by molar-refractivity contribution is 0.483. The first-order valence-corrected chi connectivity index (χ1v) is 12.8. The molecule has 1 N–H and O–H groups in total. The molecule has 0 saturated carbocycles. The zero-order valence-corrected chi connectivity index (χ0v) is 18.1. The fourth-order valence-electron chi connectivity index (χ4n) is 3.26. The summed E-state index contributed by atoms with van der Waals surface area (Å²) >= 11 is 0. The third-order valence-corrected chi connectivity index (χ3v) is 5.69. The Bertz CT molecular complexity index is 402. The molecule has 26 heavy (non-hydrogen) atoms. The topological polar surface area (TPSA) is 54.4 Å². The van der Waals surface area contributed by atoms with E-state index in [-0.39, 0.29) is 5.75 Å². The first-order valence-electron chi connectivity index (χ1n) is 11.2. The van der Waals surface area contributed by atoms with Crippen LogP contribution in [0.25, 0.3) is 0 Å². The van der Waals surface area contributed by atoms with Crippen LogP contribution in [-0.4, -0.2) is 18.7 Å². The molecule has 0 aromatic rings. The molecule has 0 radical (unpaired) electrons. The van der Waals surface area contributed by atoms with Gasteiger partial charge in [-0.3, -0.25) is 4.55 Å². The van der Waals surface area contributed by atoms with Crippen LogP contribution in [0, 0.1) is 0 Å². The van der Waals surface area contributed by atoms with Crippen molar-refractivity contribution in [3.05, 3.63) is 12.2 Å². The lowest BCUT2D eigenvalue weighted by Crippen LogP contribution is -2.01. The van der Waals surface area contributed by atoms with E-state index >= 15 is 0 Å². The molecule has 0 aliphatic heterocycles. The Kier molecular flexibility index (Phi) is 19.2. The number of rotatable bonds is 20. The maximum absolute atomic E-state index is 10.5. The highest BCUT2D eigenvalue weighted by Crippen LogP contribution is 2.14. The third-order valence-electron chi connectivity index (χ3n) is 4.93. The smallest absolute Gasteiger partial charge is 0.265 e. The van der Waals surface area contributed by atoms with E-state index < -0.39 is 10.1 Å². The quantitative estimate of drug-likeness (QED) is 0.134. The van der Waals surface area contributed by atoms with E-state index in [2.05, 4.69) is 6.92 Å². The molecule has 0 fully saturated rings. The minimum absolute atomic E-state index is 0.164. The molecule has 156 valence electrons. The first-order chi connectivity index (χ1) is 12.6. The number of hydrogen-bond acceptors (Lipinski definition) is 2. The molecule has 4 heteroatoms. The van der Waals surface area contributed by atoms with E-state index in [1.165, 1.54) is 103 Å². The molecular weight excluding hydrogens is 344 g/mol. The molecule has 0 spiro atoms. The SMILES string of the molecule is CCCCCCCCCCCCCCCCCC/C=C/CCS(=O)(=O)O. The third kappa shape index (κ3) is 23.6. The van der Waals surface area contributed by atoms with Gasteiger partial charge in [-0.15, -0.1) is 0 Å². The molecule has 0 atom stereocenters. The van der Waals surface area contributed by atoms with E-state index in [0.29, 0.717) is 6.42 Å². The minimum Gasteiger partial charge on any atom is -0.286 e. The van der Waals surface area contributed by atoms with Crippen LogP contribution in [-0.2, 0) is 10.1 Å². The van der Waals surface area contributed by atoms with Gasteiger partial charge in [0.1, 0.15) is 0 Å². The van der Waals surface area contributed by atoms with Crippen molar-refractivity contribution in [3.63, 3.8) is 0 Å². The zero-order chi connectivity index (χ0) is 19.3. The second kappa shape index (κ2) is 19.4. The van der Waals surface area contributed by atoms with Crippen molar-refractivity contribution in [1.82, 2.24) is 0 Å². The highest BCUT2D eigenvalue weighted by molar-refractivity contribution is 7.85. The average molecular weight is 389 g/mol. The molecule has 0 bridgehead atoms. The molecule has 3 nitrogen and oxygen atoms in total. The first kappa shape index (κ1) is 25.6. The second-order valence-corrected chi connectivity index (χ2v) is 9.21. The lowest BCUT2D eigenvalue weighted by atomic mass is 10.0. The largest absolute Gasteiger partial charge is 0.286 e.